The van der Waals surface area contributed by atoms with Gasteiger partial charge >= 0.3 is 5.97 Å². The summed E-state index contributed by atoms with van der Waals surface area (Å²) in [6.45, 7) is 1.82. The molecule has 2 rings (SSSR count). The number of halogens is 2. The molecule has 1 aromatic heterocycles. The number of benzene rings is 1. The minimum absolute atomic E-state index is 0.00978. The molecule has 1 heterocycles. The summed E-state index contributed by atoms with van der Waals surface area (Å²) in [7, 11) is 0. The lowest BCUT2D eigenvalue weighted by Gasteiger charge is -2.04. The fourth-order valence-electron chi connectivity index (χ4n) is 1.62. The van der Waals surface area contributed by atoms with Gasteiger partial charge in [0.25, 0.3) is 0 Å². The van der Waals surface area contributed by atoms with Crippen LogP contribution in [0.25, 0.3) is 11.1 Å². The monoisotopic (exact) mass is 270 g/mol. The van der Waals surface area contributed by atoms with Gasteiger partial charge in [-0.2, -0.15) is 0 Å². The third-order valence-electron chi connectivity index (χ3n) is 2.41. The van der Waals surface area contributed by atoms with Crippen molar-refractivity contribution in [2.75, 3.05) is 0 Å². The van der Waals surface area contributed by atoms with E-state index in [9.17, 15) is 9.18 Å². The third kappa shape index (κ3) is 2.18. The second-order valence-electron chi connectivity index (χ2n) is 3.51. The van der Waals surface area contributed by atoms with Crippen LogP contribution in [0.3, 0.4) is 0 Å². The molecule has 0 spiro atoms. The van der Waals surface area contributed by atoms with Crippen LogP contribution in [-0.4, -0.2) is 11.1 Å². The van der Waals surface area contributed by atoms with Gasteiger partial charge in [0.05, 0.1) is 10.6 Å². The molecule has 1 aromatic carbocycles. The molecule has 17 heavy (non-hydrogen) atoms. The first-order chi connectivity index (χ1) is 8.00. The van der Waals surface area contributed by atoms with Crippen LogP contribution in [0.15, 0.2) is 23.6 Å². The summed E-state index contributed by atoms with van der Waals surface area (Å²) in [5, 5.41) is 10.6. The molecule has 0 atom stereocenters. The smallest absolute Gasteiger partial charge is 0.337 e. The van der Waals surface area contributed by atoms with Gasteiger partial charge in [-0.1, -0.05) is 17.7 Å². The summed E-state index contributed by atoms with van der Waals surface area (Å²) in [6.07, 6.45) is 0. The lowest BCUT2D eigenvalue weighted by atomic mass is 10.0. The summed E-state index contributed by atoms with van der Waals surface area (Å²) < 4.78 is 13.1. The molecular weight excluding hydrogens is 263 g/mol. The Morgan fingerprint density at radius 1 is 1.47 bits per heavy atom. The van der Waals surface area contributed by atoms with E-state index in [4.69, 9.17) is 16.7 Å². The second kappa shape index (κ2) is 4.47. The molecule has 0 aliphatic rings. The lowest BCUT2D eigenvalue weighted by Crippen LogP contribution is -1.96. The number of hydrogen-bond acceptors (Lipinski definition) is 2. The maximum Gasteiger partial charge on any atom is 0.337 e. The molecule has 0 radical (unpaired) electrons. The quantitative estimate of drug-likeness (QED) is 0.887. The largest absolute Gasteiger partial charge is 0.478 e. The normalized spacial score (nSPS) is 10.5. The zero-order valence-corrected chi connectivity index (χ0v) is 10.4. The van der Waals surface area contributed by atoms with Gasteiger partial charge in [-0.25, -0.2) is 9.18 Å². The number of hydrogen-bond donors (Lipinski definition) is 1. The predicted molar refractivity (Wildman–Crippen MR) is 66.4 cm³/mol. The van der Waals surface area contributed by atoms with Gasteiger partial charge in [0, 0.05) is 15.8 Å². The van der Waals surface area contributed by atoms with Crippen LogP contribution < -0.4 is 0 Å². The summed E-state index contributed by atoms with van der Waals surface area (Å²) in [5.74, 6) is -1.51. The minimum atomic E-state index is -0.996. The number of rotatable bonds is 2. The number of carbonyl (C=O) groups is 1. The Bertz CT molecular complexity index is 592. The molecule has 0 fully saturated rings. The van der Waals surface area contributed by atoms with Crippen LogP contribution in [0.5, 0.6) is 0 Å². The number of thiophene rings is 1. The van der Waals surface area contributed by atoms with Gasteiger partial charge in [-0.3, -0.25) is 0 Å². The van der Waals surface area contributed by atoms with Crippen LogP contribution in [0.4, 0.5) is 4.39 Å². The second-order valence-corrected chi connectivity index (χ2v) is 5.01. The van der Waals surface area contributed by atoms with Crippen molar-refractivity contribution in [2.45, 2.75) is 6.92 Å². The first-order valence-electron chi connectivity index (χ1n) is 4.77. The molecule has 0 aliphatic carbocycles. The van der Waals surface area contributed by atoms with Crippen molar-refractivity contribution in [1.29, 1.82) is 0 Å². The van der Waals surface area contributed by atoms with Crippen molar-refractivity contribution in [1.82, 2.24) is 0 Å². The highest BCUT2D eigenvalue weighted by Crippen LogP contribution is 2.34. The van der Waals surface area contributed by atoms with Crippen LogP contribution in [0.2, 0.25) is 5.02 Å². The molecule has 0 saturated carbocycles. The summed E-state index contributed by atoms with van der Waals surface area (Å²) in [6, 6.07) is 4.21. The Hall–Kier alpha value is -1.39. The van der Waals surface area contributed by atoms with E-state index >= 15 is 0 Å². The Morgan fingerprint density at radius 3 is 2.76 bits per heavy atom. The van der Waals surface area contributed by atoms with Gasteiger partial charge in [0.15, 0.2) is 0 Å². The zero-order chi connectivity index (χ0) is 12.6. The summed E-state index contributed by atoms with van der Waals surface area (Å²) in [4.78, 5) is 11.9. The van der Waals surface area contributed by atoms with Gasteiger partial charge in [-0.05, 0) is 24.6 Å². The SMILES string of the molecule is Cc1scc(C(=O)O)c1-c1ccc(F)c(Cl)c1. The Labute approximate surface area is 106 Å². The fraction of sp³-hybridized carbons (Fsp3) is 0.0833. The van der Waals surface area contributed by atoms with E-state index in [1.807, 2.05) is 6.92 Å². The van der Waals surface area contributed by atoms with Crippen molar-refractivity contribution in [3.8, 4) is 11.1 Å². The van der Waals surface area contributed by atoms with Crippen LogP contribution in [0, 0.1) is 12.7 Å². The Kier molecular flexibility index (Phi) is 3.17. The summed E-state index contributed by atoms with van der Waals surface area (Å²) in [5.41, 5.74) is 1.44. The first kappa shape index (κ1) is 12.1. The van der Waals surface area contributed by atoms with E-state index in [2.05, 4.69) is 0 Å². The van der Waals surface area contributed by atoms with E-state index < -0.39 is 11.8 Å². The number of aryl methyl sites for hydroxylation is 1. The molecule has 0 amide bonds. The average Bonchev–Trinajstić information content (AvgIpc) is 2.64. The highest BCUT2D eigenvalue weighted by Gasteiger charge is 2.17. The maximum absolute atomic E-state index is 13.1. The predicted octanol–water partition coefficient (Wildman–Crippen LogP) is 4.21. The highest BCUT2D eigenvalue weighted by molar-refractivity contribution is 7.10. The molecule has 88 valence electrons. The standard InChI is InChI=1S/C12H8ClFO2S/c1-6-11(8(5-17-6)12(15)16)7-2-3-10(14)9(13)4-7/h2-5H,1H3,(H,15,16). The van der Waals surface area contributed by atoms with Crippen molar-refractivity contribution in [3.05, 3.63) is 44.9 Å². The maximum atomic E-state index is 13.1. The molecule has 0 bridgehead atoms. The van der Waals surface area contributed by atoms with E-state index in [1.54, 1.807) is 5.38 Å². The zero-order valence-electron chi connectivity index (χ0n) is 8.83. The van der Waals surface area contributed by atoms with E-state index in [0.29, 0.717) is 11.1 Å². The van der Waals surface area contributed by atoms with Crippen LogP contribution in [0.1, 0.15) is 15.2 Å². The van der Waals surface area contributed by atoms with E-state index in [0.717, 1.165) is 4.88 Å². The molecule has 0 saturated heterocycles. The number of aromatic carboxylic acids is 1. The van der Waals surface area contributed by atoms with Crippen molar-refractivity contribution in [2.24, 2.45) is 0 Å². The molecule has 0 aliphatic heterocycles. The molecule has 1 N–H and O–H groups in total. The van der Waals surface area contributed by atoms with Crippen molar-refractivity contribution >= 4 is 28.9 Å². The molecule has 5 heteroatoms. The van der Waals surface area contributed by atoms with Gasteiger partial charge in [0.2, 0.25) is 0 Å². The van der Waals surface area contributed by atoms with Crippen LogP contribution >= 0.6 is 22.9 Å². The Morgan fingerprint density at radius 2 is 2.18 bits per heavy atom. The topological polar surface area (TPSA) is 37.3 Å². The summed E-state index contributed by atoms with van der Waals surface area (Å²) >= 11 is 7.04. The van der Waals surface area contributed by atoms with Crippen LogP contribution in [-0.2, 0) is 0 Å². The highest BCUT2D eigenvalue weighted by atomic mass is 35.5. The van der Waals surface area contributed by atoms with Gasteiger partial charge < -0.3 is 5.11 Å². The van der Waals surface area contributed by atoms with E-state index in [1.165, 1.54) is 29.5 Å². The Balaban J connectivity index is 2.63. The number of carboxylic acids is 1. The van der Waals surface area contributed by atoms with E-state index in [-0.39, 0.29) is 10.6 Å². The lowest BCUT2D eigenvalue weighted by molar-refractivity contribution is 0.0698. The van der Waals surface area contributed by atoms with Gasteiger partial charge in [-0.15, -0.1) is 11.3 Å². The first-order valence-corrected chi connectivity index (χ1v) is 6.03. The minimum Gasteiger partial charge on any atom is -0.478 e. The average molecular weight is 271 g/mol. The molecule has 2 aromatic rings. The van der Waals surface area contributed by atoms with Crippen molar-refractivity contribution in [3.63, 3.8) is 0 Å². The third-order valence-corrected chi connectivity index (χ3v) is 3.61. The molecular formula is C12H8ClFO2S. The number of carboxylic acid groups (broad SMARTS) is 1. The van der Waals surface area contributed by atoms with Crippen molar-refractivity contribution < 1.29 is 14.3 Å². The van der Waals surface area contributed by atoms with Gasteiger partial charge in [0.1, 0.15) is 5.82 Å². The fourth-order valence-corrected chi connectivity index (χ4v) is 2.66. The molecule has 2 nitrogen and oxygen atoms in total. The molecule has 0 unspecified atom stereocenters.